The second kappa shape index (κ2) is 3.61. The molecule has 0 fully saturated rings. The van der Waals surface area contributed by atoms with Crippen LogP contribution in [-0.4, -0.2) is 19.0 Å². The molecule has 1 heterocycles. The lowest BCUT2D eigenvalue weighted by Gasteiger charge is -2.25. The Kier molecular flexibility index (Phi) is 2.74. The van der Waals surface area contributed by atoms with Crippen molar-refractivity contribution in [3.63, 3.8) is 0 Å². The molecule has 1 rings (SSSR count). The maximum atomic E-state index is 11.1. The van der Waals surface area contributed by atoms with E-state index >= 15 is 0 Å². The topological polar surface area (TPSA) is 35.5 Å². The highest BCUT2D eigenvalue weighted by molar-refractivity contribution is 5.90. The van der Waals surface area contributed by atoms with Crippen molar-refractivity contribution in [2.45, 2.75) is 26.4 Å². The molecule has 1 atom stereocenters. The molecule has 3 heteroatoms. The Labute approximate surface area is 72.4 Å². The van der Waals surface area contributed by atoms with Crippen molar-refractivity contribution in [3.8, 4) is 0 Å². The largest absolute Gasteiger partial charge is 0.469 e. The molecular formula is C9H14O3. The van der Waals surface area contributed by atoms with Crippen LogP contribution < -0.4 is 0 Å². The van der Waals surface area contributed by atoms with Crippen molar-refractivity contribution >= 4 is 5.78 Å². The third kappa shape index (κ3) is 2.00. The highest BCUT2D eigenvalue weighted by Crippen LogP contribution is 2.20. The fourth-order valence-electron chi connectivity index (χ4n) is 1.09. The van der Waals surface area contributed by atoms with Crippen LogP contribution in [0.2, 0.25) is 0 Å². The molecule has 3 nitrogen and oxygen atoms in total. The summed E-state index contributed by atoms with van der Waals surface area (Å²) in [5, 5.41) is 0. The number of rotatable bonds is 2. The fourth-order valence-corrected chi connectivity index (χ4v) is 1.09. The van der Waals surface area contributed by atoms with Crippen LogP contribution in [-0.2, 0) is 14.3 Å². The first-order chi connectivity index (χ1) is 5.63. The second-order valence-electron chi connectivity index (χ2n) is 3.24. The highest BCUT2D eigenvalue weighted by atomic mass is 16.7. The van der Waals surface area contributed by atoms with Gasteiger partial charge in [0.25, 0.3) is 5.95 Å². The minimum atomic E-state index is -0.0301. The van der Waals surface area contributed by atoms with Gasteiger partial charge in [-0.15, -0.1) is 0 Å². The van der Waals surface area contributed by atoms with Crippen molar-refractivity contribution in [1.82, 2.24) is 0 Å². The van der Waals surface area contributed by atoms with Crippen molar-refractivity contribution in [2.24, 2.45) is 5.92 Å². The van der Waals surface area contributed by atoms with Gasteiger partial charge in [-0.2, -0.15) is 0 Å². The van der Waals surface area contributed by atoms with E-state index in [0.717, 1.165) is 0 Å². The van der Waals surface area contributed by atoms with Gasteiger partial charge in [0, 0.05) is 6.42 Å². The molecule has 0 aromatic rings. The first kappa shape index (κ1) is 9.10. The summed E-state index contributed by atoms with van der Waals surface area (Å²) in [6, 6.07) is 0. The van der Waals surface area contributed by atoms with E-state index in [9.17, 15) is 4.79 Å². The Balaban J connectivity index is 2.66. The van der Waals surface area contributed by atoms with Gasteiger partial charge < -0.3 is 9.47 Å². The quantitative estimate of drug-likeness (QED) is 0.629. The summed E-state index contributed by atoms with van der Waals surface area (Å²) in [6.45, 7) is 4.05. The molecule has 68 valence electrons. The molecule has 0 N–H and O–H groups in total. The van der Waals surface area contributed by atoms with Crippen LogP contribution in [0.25, 0.3) is 0 Å². The zero-order chi connectivity index (χ0) is 9.14. The van der Waals surface area contributed by atoms with E-state index in [0.29, 0.717) is 18.3 Å². The molecule has 1 aliphatic rings. The summed E-state index contributed by atoms with van der Waals surface area (Å²) >= 11 is 0. The summed E-state index contributed by atoms with van der Waals surface area (Å²) in [5.74, 6) is 0.759. The maximum Gasteiger partial charge on any atom is 0.282 e. The van der Waals surface area contributed by atoms with Crippen LogP contribution in [0.4, 0.5) is 0 Å². The number of hydrogen-bond acceptors (Lipinski definition) is 3. The summed E-state index contributed by atoms with van der Waals surface area (Å²) < 4.78 is 10.2. The molecule has 0 aromatic carbocycles. The molecule has 12 heavy (non-hydrogen) atoms. The maximum absolute atomic E-state index is 11.1. The average Bonchev–Trinajstić information content (AvgIpc) is 2.03. The summed E-state index contributed by atoms with van der Waals surface area (Å²) in [4.78, 5) is 11.1. The Morgan fingerprint density at radius 3 is 2.83 bits per heavy atom. The van der Waals surface area contributed by atoms with Crippen LogP contribution in [0.1, 0.15) is 20.3 Å². The van der Waals surface area contributed by atoms with Crippen LogP contribution in [0.5, 0.6) is 0 Å². The van der Waals surface area contributed by atoms with E-state index in [1.807, 2.05) is 13.8 Å². The lowest BCUT2D eigenvalue weighted by Crippen LogP contribution is -2.27. The van der Waals surface area contributed by atoms with Gasteiger partial charge in [0.2, 0.25) is 0 Å². The predicted octanol–water partition coefficient (Wildman–Crippen LogP) is 1.49. The van der Waals surface area contributed by atoms with E-state index in [1.165, 1.54) is 13.2 Å². The molecular weight excluding hydrogens is 156 g/mol. The minimum absolute atomic E-state index is 0.0301. The zero-order valence-corrected chi connectivity index (χ0v) is 7.66. The molecule has 1 aliphatic heterocycles. The lowest BCUT2D eigenvalue weighted by molar-refractivity contribution is -0.122. The van der Waals surface area contributed by atoms with E-state index in [1.54, 1.807) is 0 Å². The third-order valence-electron chi connectivity index (χ3n) is 1.89. The van der Waals surface area contributed by atoms with Crippen molar-refractivity contribution < 1.29 is 14.3 Å². The van der Waals surface area contributed by atoms with Gasteiger partial charge in [-0.1, -0.05) is 13.8 Å². The Morgan fingerprint density at radius 1 is 1.67 bits per heavy atom. The first-order valence-corrected chi connectivity index (χ1v) is 4.08. The number of carbonyl (C=O) groups excluding carboxylic acids is 1. The SMILES string of the molecule is COC1=CC(=O)CC(C(C)C)O1. The zero-order valence-electron chi connectivity index (χ0n) is 7.66. The summed E-state index contributed by atoms with van der Waals surface area (Å²) in [5.41, 5.74) is 0. The van der Waals surface area contributed by atoms with E-state index in [-0.39, 0.29) is 11.9 Å². The molecule has 0 saturated carbocycles. The molecule has 0 spiro atoms. The Bertz CT molecular complexity index is 206. The van der Waals surface area contributed by atoms with E-state index in [4.69, 9.17) is 9.47 Å². The molecule has 0 radical (unpaired) electrons. The van der Waals surface area contributed by atoms with Crippen LogP contribution >= 0.6 is 0 Å². The van der Waals surface area contributed by atoms with Gasteiger partial charge in [-0.25, -0.2) is 0 Å². The molecule has 0 aromatic heterocycles. The van der Waals surface area contributed by atoms with Gasteiger partial charge in [0.05, 0.1) is 13.2 Å². The lowest BCUT2D eigenvalue weighted by atomic mass is 10.0. The van der Waals surface area contributed by atoms with E-state index in [2.05, 4.69) is 0 Å². The molecule has 0 amide bonds. The Morgan fingerprint density at radius 2 is 2.33 bits per heavy atom. The standard InChI is InChI=1S/C9H14O3/c1-6(2)8-4-7(10)5-9(11-3)12-8/h5-6,8H,4H2,1-3H3. The highest BCUT2D eigenvalue weighted by Gasteiger charge is 2.24. The summed E-state index contributed by atoms with van der Waals surface area (Å²) in [6.07, 6.45) is 1.83. The molecule has 1 unspecified atom stereocenters. The van der Waals surface area contributed by atoms with Gasteiger partial charge in [-0.05, 0) is 5.92 Å². The molecule has 0 saturated heterocycles. The number of methoxy groups -OCH3 is 1. The second-order valence-corrected chi connectivity index (χ2v) is 3.24. The minimum Gasteiger partial charge on any atom is -0.469 e. The van der Waals surface area contributed by atoms with Crippen LogP contribution in [0, 0.1) is 5.92 Å². The molecule has 0 aliphatic carbocycles. The third-order valence-corrected chi connectivity index (χ3v) is 1.89. The van der Waals surface area contributed by atoms with Crippen LogP contribution in [0.15, 0.2) is 12.0 Å². The monoisotopic (exact) mass is 170 g/mol. The Hall–Kier alpha value is -0.990. The number of hydrogen-bond donors (Lipinski definition) is 0. The normalized spacial score (nSPS) is 23.5. The van der Waals surface area contributed by atoms with Crippen LogP contribution in [0.3, 0.4) is 0 Å². The van der Waals surface area contributed by atoms with Gasteiger partial charge in [0.15, 0.2) is 5.78 Å². The van der Waals surface area contributed by atoms with E-state index < -0.39 is 0 Å². The summed E-state index contributed by atoms with van der Waals surface area (Å²) in [7, 11) is 1.50. The van der Waals surface area contributed by atoms with Gasteiger partial charge in [-0.3, -0.25) is 4.79 Å². The van der Waals surface area contributed by atoms with Crippen molar-refractivity contribution in [1.29, 1.82) is 0 Å². The fraction of sp³-hybridized carbons (Fsp3) is 0.667. The first-order valence-electron chi connectivity index (χ1n) is 4.08. The van der Waals surface area contributed by atoms with Crippen molar-refractivity contribution in [3.05, 3.63) is 12.0 Å². The number of carbonyl (C=O) groups is 1. The van der Waals surface area contributed by atoms with Gasteiger partial charge >= 0.3 is 0 Å². The average molecular weight is 170 g/mol. The number of ether oxygens (including phenoxy) is 2. The predicted molar refractivity (Wildman–Crippen MR) is 44.4 cm³/mol. The van der Waals surface area contributed by atoms with Gasteiger partial charge in [0.1, 0.15) is 6.10 Å². The number of allylic oxidation sites excluding steroid dienone is 1. The molecule has 0 bridgehead atoms. The van der Waals surface area contributed by atoms with Crippen molar-refractivity contribution in [2.75, 3.05) is 7.11 Å². The smallest absolute Gasteiger partial charge is 0.282 e. The number of ketones is 1.